The van der Waals surface area contributed by atoms with Crippen molar-refractivity contribution in [3.05, 3.63) is 35.4 Å². The molecule has 1 amide bonds. The Morgan fingerprint density at radius 1 is 1.09 bits per heavy atom. The van der Waals surface area contributed by atoms with Crippen molar-refractivity contribution >= 4 is 6.09 Å². The van der Waals surface area contributed by atoms with Crippen LogP contribution < -0.4 is 10.6 Å². The van der Waals surface area contributed by atoms with E-state index in [-0.39, 0.29) is 6.09 Å². The molecule has 0 spiro atoms. The van der Waals surface area contributed by atoms with E-state index < -0.39 is 5.60 Å². The first-order valence-electron chi connectivity index (χ1n) is 8.51. The molecule has 130 valence electrons. The molecule has 0 aromatic heterocycles. The molecule has 4 nitrogen and oxygen atoms in total. The van der Waals surface area contributed by atoms with E-state index in [0.717, 1.165) is 25.9 Å². The molecule has 0 bridgehead atoms. The molecular weight excluding hydrogens is 288 g/mol. The molecule has 1 aromatic carbocycles. The van der Waals surface area contributed by atoms with E-state index in [9.17, 15) is 4.79 Å². The highest BCUT2D eigenvalue weighted by Gasteiger charge is 2.15. The van der Waals surface area contributed by atoms with Crippen LogP contribution in [0.3, 0.4) is 0 Å². The maximum Gasteiger partial charge on any atom is 0.407 e. The van der Waals surface area contributed by atoms with Gasteiger partial charge in [-0.1, -0.05) is 38.1 Å². The van der Waals surface area contributed by atoms with E-state index in [1.807, 2.05) is 20.8 Å². The molecule has 1 aromatic rings. The fourth-order valence-corrected chi connectivity index (χ4v) is 2.22. The average Bonchev–Trinajstić information content (AvgIpc) is 2.42. The van der Waals surface area contributed by atoms with Crippen molar-refractivity contribution < 1.29 is 9.53 Å². The van der Waals surface area contributed by atoms with Crippen LogP contribution in [0.15, 0.2) is 24.3 Å². The fourth-order valence-electron chi connectivity index (χ4n) is 2.22. The number of nitrogens with one attached hydrogen (secondary N) is 2. The third-order valence-electron chi connectivity index (χ3n) is 3.19. The minimum absolute atomic E-state index is 0.349. The van der Waals surface area contributed by atoms with Gasteiger partial charge in [0, 0.05) is 13.1 Å². The second-order valence-electron chi connectivity index (χ2n) is 7.37. The minimum Gasteiger partial charge on any atom is -0.444 e. The van der Waals surface area contributed by atoms with Gasteiger partial charge in [-0.3, -0.25) is 0 Å². The van der Waals surface area contributed by atoms with Crippen LogP contribution in [0.4, 0.5) is 4.79 Å². The fraction of sp³-hybridized carbons (Fsp3) is 0.632. The number of carbonyl (C=O) groups excluding carboxylic acids is 1. The van der Waals surface area contributed by atoms with Gasteiger partial charge in [-0.25, -0.2) is 4.79 Å². The number of rotatable bonds is 8. The Kier molecular flexibility index (Phi) is 8.10. The summed E-state index contributed by atoms with van der Waals surface area (Å²) < 4.78 is 5.18. The summed E-state index contributed by atoms with van der Waals surface area (Å²) in [4.78, 5) is 11.5. The summed E-state index contributed by atoms with van der Waals surface area (Å²) in [7, 11) is 0. The number of ether oxygens (including phenoxy) is 1. The third kappa shape index (κ3) is 9.95. The highest BCUT2D eigenvalue weighted by molar-refractivity contribution is 5.67. The Balaban J connectivity index is 2.12. The van der Waals surface area contributed by atoms with Crippen LogP contribution in [0, 0.1) is 5.92 Å². The van der Waals surface area contributed by atoms with Crippen molar-refractivity contribution in [2.45, 2.75) is 59.6 Å². The van der Waals surface area contributed by atoms with Gasteiger partial charge in [-0.15, -0.1) is 0 Å². The van der Waals surface area contributed by atoms with Crippen LogP contribution in [0.1, 0.15) is 52.2 Å². The quantitative estimate of drug-likeness (QED) is 0.715. The molecule has 0 saturated heterocycles. The number of amides is 1. The van der Waals surface area contributed by atoms with Gasteiger partial charge in [-0.05, 0) is 57.2 Å². The summed E-state index contributed by atoms with van der Waals surface area (Å²) in [5.74, 6) is 0.691. The first-order chi connectivity index (χ1) is 10.8. The number of benzene rings is 1. The van der Waals surface area contributed by atoms with Gasteiger partial charge in [0.2, 0.25) is 0 Å². The molecular formula is C19H32N2O2. The molecule has 0 radical (unpaired) electrons. The van der Waals surface area contributed by atoms with E-state index in [1.54, 1.807) is 0 Å². The Morgan fingerprint density at radius 3 is 2.26 bits per heavy atom. The normalized spacial score (nSPS) is 11.6. The number of hydrogen-bond acceptors (Lipinski definition) is 3. The molecule has 0 aliphatic rings. The Morgan fingerprint density at radius 2 is 1.70 bits per heavy atom. The van der Waals surface area contributed by atoms with Gasteiger partial charge in [0.15, 0.2) is 0 Å². The van der Waals surface area contributed by atoms with Gasteiger partial charge in [0.05, 0.1) is 0 Å². The predicted octanol–water partition coefficient (Wildman–Crippen LogP) is 3.89. The molecule has 4 heteroatoms. The van der Waals surface area contributed by atoms with Crippen LogP contribution >= 0.6 is 0 Å². The monoisotopic (exact) mass is 320 g/mol. The van der Waals surface area contributed by atoms with E-state index in [4.69, 9.17) is 4.74 Å². The third-order valence-corrected chi connectivity index (χ3v) is 3.19. The van der Waals surface area contributed by atoms with E-state index >= 15 is 0 Å². The number of alkyl carbamates (subject to hydrolysis) is 1. The van der Waals surface area contributed by atoms with Crippen molar-refractivity contribution in [2.75, 3.05) is 13.1 Å². The summed E-state index contributed by atoms with van der Waals surface area (Å²) in [6.45, 7) is 12.4. The molecule has 2 N–H and O–H groups in total. The second kappa shape index (κ2) is 9.56. The van der Waals surface area contributed by atoms with Gasteiger partial charge in [0.1, 0.15) is 5.60 Å². The smallest absolute Gasteiger partial charge is 0.407 e. The topological polar surface area (TPSA) is 50.4 Å². The Bertz CT molecular complexity index is 461. The highest BCUT2D eigenvalue weighted by atomic mass is 16.6. The van der Waals surface area contributed by atoms with Crippen LogP contribution in [0.5, 0.6) is 0 Å². The average molecular weight is 320 g/mol. The summed E-state index contributed by atoms with van der Waals surface area (Å²) >= 11 is 0. The lowest BCUT2D eigenvalue weighted by Crippen LogP contribution is -2.33. The van der Waals surface area contributed by atoms with Crippen molar-refractivity contribution in [3.8, 4) is 0 Å². The molecule has 0 atom stereocenters. The molecule has 23 heavy (non-hydrogen) atoms. The number of hydrogen-bond donors (Lipinski definition) is 2. The maximum atomic E-state index is 11.5. The van der Waals surface area contributed by atoms with E-state index in [1.165, 1.54) is 11.1 Å². The number of carbonyl (C=O) groups is 1. The molecule has 0 aliphatic carbocycles. The standard InChI is InChI=1S/C19H32N2O2/c1-15(2)13-16-7-9-17(10-8-16)14-20-11-6-12-21-18(22)23-19(3,4)5/h7-10,15,20H,6,11-14H2,1-5H3,(H,21,22). The van der Waals surface area contributed by atoms with E-state index in [0.29, 0.717) is 12.5 Å². The maximum absolute atomic E-state index is 11.5. The highest BCUT2D eigenvalue weighted by Crippen LogP contribution is 2.09. The Hall–Kier alpha value is -1.55. The van der Waals surface area contributed by atoms with Crippen LogP contribution in [0.25, 0.3) is 0 Å². The molecule has 0 aliphatic heterocycles. The summed E-state index contributed by atoms with van der Waals surface area (Å²) in [5, 5.41) is 6.15. The second-order valence-corrected chi connectivity index (χ2v) is 7.37. The molecule has 1 rings (SSSR count). The molecule has 0 unspecified atom stereocenters. The van der Waals surface area contributed by atoms with Crippen molar-refractivity contribution in [1.29, 1.82) is 0 Å². The van der Waals surface area contributed by atoms with Gasteiger partial charge >= 0.3 is 6.09 Å². The minimum atomic E-state index is -0.440. The van der Waals surface area contributed by atoms with Crippen molar-refractivity contribution in [1.82, 2.24) is 10.6 Å². The zero-order chi connectivity index (χ0) is 17.3. The molecule has 0 fully saturated rings. The van der Waals surface area contributed by atoms with E-state index in [2.05, 4.69) is 48.7 Å². The Labute approximate surface area is 141 Å². The van der Waals surface area contributed by atoms with Crippen LogP contribution in [0.2, 0.25) is 0 Å². The van der Waals surface area contributed by atoms with Gasteiger partial charge in [0.25, 0.3) is 0 Å². The largest absolute Gasteiger partial charge is 0.444 e. The lowest BCUT2D eigenvalue weighted by molar-refractivity contribution is 0.0527. The summed E-state index contributed by atoms with van der Waals surface area (Å²) in [6.07, 6.45) is 1.66. The van der Waals surface area contributed by atoms with Crippen LogP contribution in [-0.4, -0.2) is 24.8 Å². The first-order valence-corrected chi connectivity index (χ1v) is 8.51. The lowest BCUT2D eigenvalue weighted by atomic mass is 10.0. The summed E-state index contributed by atoms with van der Waals surface area (Å²) in [6, 6.07) is 8.79. The lowest BCUT2D eigenvalue weighted by Gasteiger charge is -2.19. The van der Waals surface area contributed by atoms with Crippen LogP contribution in [-0.2, 0) is 17.7 Å². The molecule has 0 saturated carbocycles. The van der Waals surface area contributed by atoms with Gasteiger partial charge in [-0.2, -0.15) is 0 Å². The van der Waals surface area contributed by atoms with Gasteiger partial charge < -0.3 is 15.4 Å². The first kappa shape index (κ1) is 19.5. The van der Waals surface area contributed by atoms with Crippen molar-refractivity contribution in [2.24, 2.45) is 5.92 Å². The predicted molar refractivity (Wildman–Crippen MR) is 95.5 cm³/mol. The molecule has 0 heterocycles. The summed E-state index contributed by atoms with van der Waals surface area (Å²) in [5.41, 5.74) is 2.24. The van der Waals surface area contributed by atoms with Crippen molar-refractivity contribution in [3.63, 3.8) is 0 Å². The zero-order valence-corrected chi connectivity index (χ0v) is 15.2. The zero-order valence-electron chi connectivity index (χ0n) is 15.2. The SMILES string of the molecule is CC(C)Cc1ccc(CNCCCNC(=O)OC(C)(C)C)cc1.